The van der Waals surface area contributed by atoms with Gasteiger partial charge in [0.05, 0.1) is 5.56 Å². The summed E-state index contributed by atoms with van der Waals surface area (Å²) < 4.78 is 0. The molecule has 0 aromatic carbocycles. The average Bonchev–Trinajstić information content (AvgIpc) is 2.39. The molecule has 0 bridgehead atoms. The number of anilines is 2. The third-order valence-corrected chi connectivity index (χ3v) is 2.60. The first-order chi connectivity index (χ1) is 9.22. The van der Waals surface area contributed by atoms with Crippen molar-refractivity contribution >= 4 is 11.6 Å². The largest absolute Gasteiger partial charge is 0.396 e. The number of nitrogens with one attached hydrogen (secondary N) is 2. The maximum absolute atomic E-state index is 9.13. The Labute approximate surface area is 113 Å². The van der Waals surface area contributed by atoms with Crippen molar-refractivity contribution in [3.8, 4) is 6.07 Å². The van der Waals surface area contributed by atoms with Gasteiger partial charge < -0.3 is 20.8 Å². The number of aromatic nitrogens is 1. The van der Waals surface area contributed by atoms with Crippen LogP contribution in [0.1, 0.15) is 24.0 Å². The molecule has 6 nitrogen and oxygen atoms in total. The first kappa shape index (κ1) is 15.2. The predicted molar refractivity (Wildman–Crippen MR) is 74.1 cm³/mol. The van der Waals surface area contributed by atoms with E-state index in [4.69, 9.17) is 15.5 Å². The van der Waals surface area contributed by atoms with Crippen LogP contribution in [0.5, 0.6) is 0 Å². The molecule has 0 aliphatic carbocycles. The number of pyridine rings is 1. The molecule has 0 unspecified atom stereocenters. The van der Waals surface area contributed by atoms with Crippen LogP contribution in [-0.2, 0) is 0 Å². The van der Waals surface area contributed by atoms with Gasteiger partial charge in [-0.25, -0.2) is 4.98 Å². The molecule has 0 atom stereocenters. The van der Waals surface area contributed by atoms with Gasteiger partial charge in [0.1, 0.15) is 17.7 Å². The van der Waals surface area contributed by atoms with Crippen LogP contribution in [0.25, 0.3) is 0 Å². The third-order valence-electron chi connectivity index (χ3n) is 2.60. The first-order valence-corrected chi connectivity index (χ1v) is 6.34. The van der Waals surface area contributed by atoms with Gasteiger partial charge >= 0.3 is 0 Å². The monoisotopic (exact) mass is 264 g/mol. The average molecular weight is 264 g/mol. The van der Waals surface area contributed by atoms with Crippen molar-refractivity contribution in [2.45, 2.75) is 19.8 Å². The minimum atomic E-state index is 0.0995. The smallest absolute Gasteiger partial charge is 0.146 e. The topological polar surface area (TPSA) is 101 Å². The van der Waals surface area contributed by atoms with E-state index in [-0.39, 0.29) is 13.2 Å². The molecule has 0 aliphatic heterocycles. The van der Waals surface area contributed by atoms with Gasteiger partial charge in [0.25, 0.3) is 0 Å². The van der Waals surface area contributed by atoms with Crippen molar-refractivity contribution in [2.24, 2.45) is 0 Å². The van der Waals surface area contributed by atoms with Gasteiger partial charge in [0.2, 0.25) is 0 Å². The van der Waals surface area contributed by atoms with Crippen LogP contribution in [0.4, 0.5) is 11.6 Å². The van der Waals surface area contributed by atoms with E-state index < -0.39 is 0 Å². The molecule has 1 rings (SSSR count). The molecular formula is C13H20N4O2. The summed E-state index contributed by atoms with van der Waals surface area (Å²) in [6, 6.07) is 3.94. The van der Waals surface area contributed by atoms with Crippen molar-refractivity contribution in [3.63, 3.8) is 0 Å². The van der Waals surface area contributed by atoms with Crippen LogP contribution in [-0.4, -0.2) is 41.5 Å². The molecule has 0 amide bonds. The summed E-state index contributed by atoms with van der Waals surface area (Å²) in [6.45, 7) is 3.28. The van der Waals surface area contributed by atoms with E-state index in [1.807, 2.05) is 13.0 Å². The molecule has 1 aromatic rings. The number of nitrogens with zero attached hydrogens (tertiary/aromatic N) is 2. The fourth-order valence-electron chi connectivity index (χ4n) is 1.61. The van der Waals surface area contributed by atoms with Crippen LogP contribution in [0.2, 0.25) is 0 Å². The van der Waals surface area contributed by atoms with Gasteiger partial charge in [-0.15, -0.1) is 0 Å². The normalized spacial score (nSPS) is 10.0. The number of hydrogen-bond donors (Lipinski definition) is 4. The van der Waals surface area contributed by atoms with Gasteiger partial charge in [0.15, 0.2) is 0 Å². The van der Waals surface area contributed by atoms with Gasteiger partial charge in [-0.1, -0.05) is 0 Å². The lowest BCUT2D eigenvalue weighted by Gasteiger charge is -2.12. The second-order valence-corrected chi connectivity index (χ2v) is 4.17. The summed E-state index contributed by atoms with van der Waals surface area (Å²) >= 11 is 0. The maximum Gasteiger partial charge on any atom is 0.146 e. The molecule has 19 heavy (non-hydrogen) atoms. The number of nitriles is 1. The minimum absolute atomic E-state index is 0.0995. The fourth-order valence-corrected chi connectivity index (χ4v) is 1.61. The van der Waals surface area contributed by atoms with Crippen LogP contribution in [0.15, 0.2) is 6.07 Å². The lowest BCUT2D eigenvalue weighted by molar-refractivity contribution is 0.292. The molecule has 0 radical (unpaired) electrons. The van der Waals surface area contributed by atoms with E-state index in [2.05, 4.69) is 21.7 Å². The van der Waals surface area contributed by atoms with Crippen molar-refractivity contribution in [1.29, 1.82) is 5.26 Å². The third kappa shape index (κ3) is 4.73. The molecule has 0 spiro atoms. The molecule has 0 aliphatic rings. The van der Waals surface area contributed by atoms with E-state index in [1.165, 1.54) is 0 Å². The second-order valence-electron chi connectivity index (χ2n) is 4.17. The highest BCUT2D eigenvalue weighted by Gasteiger charge is 2.09. The number of hydrogen-bond acceptors (Lipinski definition) is 6. The fraction of sp³-hybridized carbons (Fsp3) is 0.538. The van der Waals surface area contributed by atoms with Gasteiger partial charge in [0, 0.05) is 26.3 Å². The van der Waals surface area contributed by atoms with E-state index >= 15 is 0 Å². The van der Waals surface area contributed by atoms with Crippen LogP contribution < -0.4 is 10.6 Å². The summed E-state index contributed by atoms with van der Waals surface area (Å²) in [5.74, 6) is 1.21. The standard InChI is InChI=1S/C13H20N4O2/c1-10-8-12(15-4-2-6-18)17-13(11(10)9-14)16-5-3-7-19/h8,18-19H,2-7H2,1H3,(H2,15,16,17). The lowest BCUT2D eigenvalue weighted by atomic mass is 10.1. The van der Waals surface area contributed by atoms with Crippen LogP contribution in [0.3, 0.4) is 0 Å². The number of aliphatic hydroxyl groups is 2. The Morgan fingerprint density at radius 3 is 2.42 bits per heavy atom. The van der Waals surface area contributed by atoms with E-state index in [9.17, 15) is 0 Å². The number of rotatable bonds is 8. The molecule has 104 valence electrons. The molecule has 4 N–H and O–H groups in total. The van der Waals surface area contributed by atoms with Crippen molar-refractivity contribution in [1.82, 2.24) is 4.98 Å². The van der Waals surface area contributed by atoms with Crippen molar-refractivity contribution < 1.29 is 10.2 Å². The summed E-state index contributed by atoms with van der Waals surface area (Å²) in [4.78, 5) is 4.34. The zero-order valence-corrected chi connectivity index (χ0v) is 11.1. The van der Waals surface area contributed by atoms with E-state index in [0.29, 0.717) is 43.1 Å². The Morgan fingerprint density at radius 1 is 1.21 bits per heavy atom. The minimum Gasteiger partial charge on any atom is -0.396 e. The highest BCUT2D eigenvalue weighted by atomic mass is 16.3. The van der Waals surface area contributed by atoms with Crippen LogP contribution >= 0.6 is 0 Å². The molecule has 1 aromatic heterocycles. The molecule has 0 fully saturated rings. The van der Waals surface area contributed by atoms with E-state index in [1.54, 1.807) is 0 Å². The Kier molecular flexibility index (Phi) is 6.64. The van der Waals surface area contributed by atoms with Gasteiger partial charge in [-0.05, 0) is 31.4 Å². The summed E-state index contributed by atoms with van der Waals surface area (Å²) in [5.41, 5.74) is 1.36. The summed E-state index contributed by atoms with van der Waals surface area (Å²) in [7, 11) is 0. The summed E-state index contributed by atoms with van der Waals surface area (Å²) in [5, 5.41) is 32.8. The van der Waals surface area contributed by atoms with Crippen molar-refractivity contribution in [3.05, 3.63) is 17.2 Å². The molecular weight excluding hydrogens is 244 g/mol. The Morgan fingerprint density at radius 2 is 1.84 bits per heavy atom. The predicted octanol–water partition coefficient (Wildman–Crippen LogP) is 0.850. The lowest BCUT2D eigenvalue weighted by Crippen LogP contribution is -2.11. The number of aliphatic hydroxyl groups excluding tert-OH is 2. The highest BCUT2D eigenvalue weighted by Crippen LogP contribution is 2.20. The van der Waals surface area contributed by atoms with Crippen LogP contribution in [0, 0.1) is 18.3 Å². The van der Waals surface area contributed by atoms with Gasteiger partial charge in [-0.3, -0.25) is 0 Å². The molecule has 6 heteroatoms. The first-order valence-electron chi connectivity index (χ1n) is 6.34. The quantitative estimate of drug-likeness (QED) is 0.519. The maximum atomic E-state index is 9.13. The van der Waals surface area contributed by atoms with Gasteiger partial charge in [-0.2, -0.15) is 5.26 Å². The number of aryl methyl sites for hydroxylation is 1. The molecule has 0 saturated carbocycles. The Balaban J connectivity index is 2.82. The van der Waals surface area contributed by atoms with Crippen molar-refractivity contribution in [2.75, 3.05) is 36.9 Å². The Bertz CT molecular complexity index is 443. The SMILES string of the molecule is Cc1cc(NCCCO)nc(NCCCO)c1C#N. The zero-order valence-electron chi connectivity index (χ0n) is 11.1. The van der Waals surface area contributed by atoms with E-state index in [0.717, 1.165) is 5.56 Å². The molecule has 1 heterocycles. The summed E-state index contributed by atoms with van der Waals surface area (Å²) in [6.07, 6.45) is 1.25. The Hall–Kier alpha value is -1.84. The zero-order chi connectivity index (χ0) is 14.1. The highest BCUT2D eigenvalue weighted by molar-refractivity contribution is 5.60. The second kappa shape index (κ2) is 8.29. The molecule has 0 saturated heterocycles.